The quantitative estimate of drug-likeness (QED) is 0.586. The van der Waals surface area contributed by atoms with Crippen LogP contribution in [-0.2, 0) is 19.1 Å². The normalized spacial score (nSPS) is 21.0. The molecule has 3 amide bonds. The fourth-order valence-electron chi connectivity index (χ4n) is 2.16. The zero-order chi connectivity index (χ0) is 17.1. The molecule has 3 atom stereocenters. The van der Waals surface area contributed by atoms with E-state index in [0.717, 1.165) is 0 Å². The monoisotopic (exact) mass is 312 g/mol. The summed E-state index contributed by atoms with van der Waals surface area (Å²) in [4.78, 5) is 47.3. The first-order valence-electron chi connectivity index (χ1n) is 7.42. The zero-order valence-corrected chi connectivity index (χ0v) is 13.7. The molecule has 0 radical (unpaired) electrons. The lowest BCUT2D eigenvalue weighted by atomic mass is 9.88. The second-order valence-electron chi connectivity index (χ2n) is 6.58. The molecule has 3 unspecified atom stereocenters. The number of imide groups is 1. The van der Waals surface area contributed by atoms with Crippen molar-refractivity contribution in [1.29, 1.82) is 0 Å². The second-order valence-corrected chi connectivity index (χ2v) is 6.58. The Balaban J connectivity index is 2.84. The number of ketones is 1. The highest BCUT2D eigenvalue weighted by atomic mass is 16.6. The van der Waals surface area contributed by atoms with E-state index < -0.39 is 41.3 Å². The highest BCUT2D eigenvalue weighted by molar-refractivity contribution is 6.15. The number of carbonyl (C=O) groups is 4. The van der Waals surface area contributed by atoms with E-state index in [9.17, 15) is 19.2 Å². The van der Waals surface area contributed by atoms with Crippen molar-refractivity contribution in [3.05, 3.63) is 0 Å². The molecule has 0 aromatic carbocycles. The van der Waals surface area contributed by atoms with Crippen LogP contribution in [0.3, 0.4) is 0 Å². The Hall–Kier alpha value is -1.92. The van der Waals surface area contributed by atoms with Crippen LogP contribution in [0.2, 0.25) is 0 Å². The van der Waals surface area contributed by atoms with Crippen LogP contribution in [-0.4, -0.2) is 35.3 Å². The van der Waals surface area contributed by atoms with Crippen molar-refractivity contribution in [3.8, 4) is 0 Å². The molecule has 0 aromatic rings. The molecule has 1 rings (SSSR count). The third kappa shape index (κ3) is 4.82. The minimum Gasteiger partial charge on any atom is -0.444 e. The van der Waals surface area contributed by atoms with Crippen molar-refractivity contribution in [2.24, 2.45) is 11.8 Å². The van der Waals surface area contributed by atoms with E-state index in [1.165, 1.54) is 0 Å². The Kier molecular flexibility index (Phi) is 5.68. The van der Waals surface area contributed by atoms with Crippen molar-refractivity contribution >= 4 is 23.7 Å². The smallest absolute Gasteiger partial charge is 0.408 e. The van der Waals surface area contributed by atoms with Gasteiger partial charge in [0.05, 0.1) is 6.04 Å². The maximum atomic E-state index is 12.5. The summed E-state index contributed by atoms with van der Waals surface area (Å²) < 4.78 is 5.15. The lowest BCUT2D eigenvalue weighted by Gasteiger charge is -2.27. The number of carbonyl (C=O) groups excluding carboxylic acids is 4. The van der Waals surface area contributed by atoms with E-state index in [1.807, 2.05) is 6.92 Å². The maximum Gasteiger partial charge on any atom is 0.408 e. The molecular weight excluding hydrogens is 288 g/mol. The molecule has 7 nitrogen and oxygen atoms in total. The van der Waals surface area contributed by atoms with E-state index in [-0.39, 0.29) is 12.3 Å². The number of amides is 3. The van der Waals surface area contributed by atoms with Crippen molar-refractivity contribution < 1.29 is 23.9 Å². The Morgan fingerprint density at radius 1 is 1.36 bits per heavy atom. The Bertz CT molecular complexity index is 481. The summed E-state index contributed by atoms with van der Waals surface area (Å²) in [7, 11) is 0. The lowest BCUT2D eigenvalue weighted by molar-refractivity contribution is -0.133. The number of alkyl carbamates (subject to hydrolysis) is 1. The topological polar surface area (TPSA) is 102 Å². The van der Waals surface area contributed by atoms with Crippen molar-refractivity contribution in [2.75, 3.05) is 0 Å². The molecule has 7 heteroatoms. The minimum atomic E-state index is -1.04. The van der Waals surface area contributed by atoms with Crippen molar-refractivity contribution in [1.82, 2.24) is 10.6 Å². The summed E-state index contributed by atoms with van der Waals surface area (Å²) in [6.45, 7) is 8.83. The highest BCUT2D eigenvalue weighted by Crippen LogP contribution is 2.20. The molecule has 1 fully saturated rings. The SMILES string of the molecule is CCC(C)C(NC(=O)OC(C)(C)C)C(=O)C1CC(=O)NC1=O. The average Bonchev–Trinajstić information content (AvgIpc) is 2.71. The van der Waals surface area contributed by atoms with Gasteiger partial charge in [-0.2, -0.15) is 0 Å². The second kappa shape index (κ2) is 6.89. The maximum absolute atomic E-state index is 12.5. The van der Waals surface area contributed by atoms with Gasteiger partial charge in [-0.1, -0.05) is 20.3 Å². The van der Waals surface area contributed by atoms with Crippen LogP contribution >= 0.6 is 0 Å². The van der Waals surface area contributed by atoms with Crippen LogP contribution in [0, 0.1) is 11.8 Å². The zero-order valence-electron chi connectivity index (χ0n) is 13.7. The van der Waals surface area contributed by atoms with Crippen molar-refractivity contribution in [3.63, 3.8) is 0 Å². The Morgan fingerprint density at radius 2 is 1.95 bits per heavy atom. The molecule has 1 aliphatic rings. The summed E-state index contributed by atoms with van der Waals surface area (Å²) in [5.41, 5.74) is -0.687. The predicted octanol–water partition coefficient (Wildman–Crippen LogP) is 1.16. The summed E-state index contributed by atoms with van der Waals surface area (Å²) in [6, 6.07) is -0.860. The van der Waals surface area contributed by atoms with E-state index in [2.05, 4.69) is 10.6 Å². The molecule has 1 heterocycles. The lowest BCUT2D eigenvalue weighted by Crippen LogP contribution is -2.50. The first kappa shape index (κ1) is 18.1. The number of ether oxygens (including phenoxy) is 1. The number of Topliss-reactive ketones (excluding diaryl/α,β-unsaturated/α-hetero) is 1. The minimum absolute atomic E-state index is 0.166. The average molecular weight is 312 g/mol. The summed E-state index contributed by atoms with van der Waals surface area (Å²) in [5, 5.41) is 4.64. The molecule has 22 heavy (non-hydrogen) atoms. The van der Waals surface area contributed by atoms with Crippen LogP contribution in [0.25, 0.3) is 0 Å². The summed E-state index contributed by atoms with van der Waals surface area (Å²) in [5.74, 6) is -2.74. The van der Waals surface area contributed by atoms with E-state index in [0.29, 0.717) is 6.42 Å². The number of rotatable bonds is 5. The molecule has 1 aliphatic heterocycles. The summed E-state index contributed by atoms with van der Waals surface area (Å²) >= 11 is 0. The first-order valence-corrected chi connectivity index (χ1v) is 7.42. The molecule has 2 N–H and O–H groups in total. The van der Waals surface area contributed by atoms with Gasteiger partial charge in [-0.15, -0.1) is 0 Å². The van der Waals surface area contributed by atoms with Gasteiger partial charge in [0.25, 0.3) is 0 Å². The van der Waals surface area contributed by atoms with E-state index >= 15 is 0 Å². The Morgan fingerprint density at radius 3 is 2.36 bits per heavy atom. The molecule has 0 aromatic heterocycles. The largest absolute Gasteiger partial charge is 0.444 e. The third-order valence-electron chi connectivity index (χ3n) is 3.50. The molecule has 0 saturated carbocycles. The molecule has 124 valence electrons. The van der Waals surface area contributed by atoms with Crippen LogP contribution in [0.5, 0.6) is 0 Å². The fraction of sp³-hybridized carbons (Fsp3) is 0.733. The van der Waals surface area contributed by atoms with Gasteiger partial charge in [-0.05, 0) is 26.7 Å². The van der Waals surface area contributed by atoms with Gasteiger partial charge in [0.2, 0.25) is 11.8 Å². The van der Waals surface area contributed by atoms with E-state index in [4.69, 9.17) is 4.74 Å². The fourth-order valence-corrected chi connectivity index (χ4v) is 2.16. The van der Waals surface area contributed by atoms with Gasteiger partial charge in [0.15, 0.2) is 5.78 Å². The molecule has 1 saturated heterocycles. The van der Waals surface area contributed by atoms with Gasteiger partial charge >= 0.3 is 6.09 Å². The van der Waals surface area contributed by atoms with Crippen molar-refractivity contribution in [2.45, 2.75) is 59.1 Å². The first-order chi connectivity index (χ1) is 10.0. The molecular formula is C15H24N2O5. The molecule has 0 bridgehead atoms. The number of nitrogens with one attached hydrogen (secondary N) is 2. The number of hydrogen-bond acceptors (Lipinski definition) is 5. The standard InChI is InChI=1S/C15H24N2O5/c1-6-8(2)11(17-14(21)22-15(3,4)5)12(19)9-7-10(18)16-13(9)20/h8-9,11H,6-7H2,1-5H3,(H,17,21)(H,16,18,20). The van der Waals surface area contributed by atoms with Gasteiger partial charge in [-0.3, -0.25) is 19.7 Å². The van der Waals surface area contributed by atoms with Gasteiger partial charge in [0.1, 0.15) is 11.5 Å². The number of hydrogen-bond donors (Lipinski definition) is 2. The van der Waals surface area contributed by atoms with Crippen LogP contribution in [0.1, 0.15) is 47.5 Å². The summed E-state index contributed by atoms with van der Waals surface area (Å²) in [6.07, 6.45) is -0.245. The van der Waals surface area contributed by atoms with Gasteiger partial charge < -0.3 is 10.1 Å². The van der Waals surface area contributed by atoms with Crippen LogP contribution in [0.4, 0.5) is 4.79 Å². The molecule has 0 spiro atoms. The molecule has 0 aliphatic carbocycles. The van der Waals surface area contributed by atoms with Gasteiger partial charge in [-0.25, -0.2) is 4.79 Å². The van der Waals surface area contributed by atoms with Crippen LogP contribution < -0.4 is 10.6 Å². The van der Waals surface area contributed by atoms with Crippen LogP contribution in [0.15, 0.2) is 0 Å². The van der Waals surface area contributed by atoms with E-state index in [1.54, 1.807) is 27.7 Å². The van der Waals surface area contributed by atoms with Gasteiger partial charge in [0, 0.05) is 6.42 Å². The Labute approximate surface area is 130 Å². The third-order valence-corrected chi connectivity index (χ3v) is 3.50. The highest BCUT2D eigenvalue weighted by Gasteiger charge is 2.41. The predicted molar refractivity (Wildman–Crippen MR) is 78.9 cm³/mol.